The number of sulfonamides is 1. The van der Waals surface area contributed by atoms with Gasteiger partial charge >= 0.3 is 0 Å². The number of hydrogen-bond acceptors (Lipinski definition) is 4. The highest BCUT2D eigenvalue weighted by atomic mass is 32.2. The standard InChI is InChI=1S/C19H15N3O3S/c1-20-26(24,25)14-8-9-18-15(11-14)16(19(23)22-18)10-13-7-6-12-4-2-3-5-17(12)21-13/h2-11,20H,1H3,(H,22,23). The highest BCUT2D eigenvalue weighted by Gasteiger charge is 2.26. The van der Waals surface area contributed by atoms with Crippen LogP contribution in [0.4, 0.5) is 5.69 Å². The van der Waals surface area contributed by atoms with Gasteiger partial charge in [0.15, 0.2) is 0 Å². The number of hydrogen-bond donors (Lipinski definition) is 2. The summed E-state index contributed by atoms with van der Waals surface area (Å²) >= 11 is 0. The van der Waals surface area contributed by atoms with Crippen molar-refractivity contribution >= 4 is 44.2 Å². The molecule has 26 heavy (non-hydrogen) atoms. The molecule has 3 aromatic rings. The topological polar surface area (TPSA) is 88.2 Å². The maximum Gasteiger partial charge on any atom is 0.256 e. The van der Waals surface area contributed by atoms with Gasteiger partial charge in [0.05, 0.1) is 21.7 Å². The summed E-state index contributed by atoms with van der Waals surface area (Å²) in [4.78, 5) is 17.0. The van der Waals surface area contributed by atoms with Crippen molar-refractivity contribution in [2.75, 3.05) is 12.4 Å². The molecule has 1 aliphatic rings. The predicted octanol–water partition coefficient (Wildman–Crippen LogP) is 2.64. The zero-order valence-electron chi connectivity index (χ0n) is 13.9. The van der Waals surface area contributed by atoms with E-state index < -0.39 is 10.0 Å². The van der Waals surface area contributed by atoms with Gasteiger partial charge in [-0.05, 0) is 43.5 Å². The molecule has 1 aliphatic heterocycles. The quantitative estimate of drug-likeness (QED) is 0.699. The number of anilines is 1. The summed E-state index contributed by atoms with van der Waals surface area (Å²) in [6.45, 7) is 0. The van der Waals surface area contributed by atoms with E-state index in [1.807, 2.05) is 36.4 Å². The average Bonchev–Trinajstić information content (AvgIpc) is 2.96. The number of carbonyl (C=O) groups excluding carboxylic acids is 1. The van der Waals surface area contributed by atoms with E-state index in [2.05, 4.69) is 15.0 Å². The van der Waals surface area contributed by atoms with Gasteiger partial charge in [-0.3, -0.25) is 4.79 Å². The van der Waals surface area contributed by atoms with Crippen molar-refractivity contribution in [3.05, 3.63) is 65.9 Å². The molecule has 0 aliphatic carbocycles. The van der Waals surface area contributed by atoms with Gasteiger partial charge in [0.2, 0.25) is 10.0 Å². The molecule has 0 bridgehead atoms. The van der Waals surface area contributed by atoms with Crippen LogP contribution in [0.15, 0.2) is 59.5 Å². The SMILES string of the molecule is CNS(=O)(=O)c1ccc2c(c1)C(=Cc1ccc3ccccc3n1)C(=O)N2. The molecule has 2 N–H and O–H groups in total. The van der Waals surface area contributed by atoms with Crippen LogP contribution in [0.1, 0.15) is 11.3 Å². The molecule has 2 heterocycles. The molecule has 1 amide bonds. The van der Waals surface area contributed by atoms with Gasteiger partial charge < -0.3 is 5.32 Å². The van der Waals surface area contributed by atoms with Crippen LogP contribution in [-0.4, -0.2) is 26.4 Å². The van der Waals surface area contributed by atoms with Gasteiger partial charge in [0.1, 0.15) is 0 Å². The molecule has 130 valence electrons. The van der Waals surface area contributed by atoms with E-state index in [1.54, 1.807) is 12.1 Å². The molecular formula is C19H15N3O3S. The van der Waals surface area contributed by atoms with E-state index in [1.165, 1.54) is 19.2 Å². The lowest BCUT2D eigenvalue weighted by Crippen LogP contribution is -2.18. The van der Waals surface area contributed by atoms with Crippen LogP contribution in [0.3, 0.4) is 0 Å². The van der Waals surface area contributed by atoms with E-state index in [0.29, 0.717) is 22.5 Å². The molecule has 0 radical (unpaired) electrons. The average molecular weight is 365 g/mol. The Bertz CT molecular complexity index is 1180. The zero-order chi connectivity index (χ0) is 18.3. The summed E-state index contributed by atoms with van der Waals surface area (Å²) in [5.74, 6) is -0.283. The van der Waals surface area contributed by atoms with Crippen LogP contribution < -0.4 is 10.0 Å². The minimum atomic E-state index is -3.59. The third kappa shape index (κ3) is 2.77. The maximum atomic E-state index is 12.4. The third-order valence-electron chi connectivity index (χ3n) is 4.27. The molecule has 0 spiro atoms. The first-order chi connectivity index (χ1) is 12.5. The molecule has 0 unspecified atom stereocenters. The third-order valence-corrected chi connectivity index (χ3v) is 5.68. The molecule has 0 fully saturated rings. The lowest BCUT2D eigenvalue weighted by molar-refractivity contribution is -0.110. The number of aromatic nitrogens is 1. The van der Waals surface area contributed by atoms with E-state index in [4.69, 9.17) is 0 Å². The van der Waals surface area contributed by atoms with Gasteiger partial charge in [0, 0.05) is 16.6 Å². The molecule has 2 aromatic carbocycles. The van der Waals surface area contributed by atoms with Crippen molar-refractivity contribution < 1.29 is 13.2 Å². The Labute approximate surface area is 150 Å². The van der Waals surface area contributed by atoms with Crippen LogP contribution in [0.25, 0.3) is 22.6 Å². The molecule has 7 heteroatoms. The normalized spacial score (nSPS) is 15.3. The molecule has 0 saturated heterocycles. The lowest BCUT2D eigenvalue weighted by Gasteiger charge is -2.05. The highest BCUT2D eigenvalue weighted by molar-refractivity contribution is 7.89. The first-order valence-corrected chi connectivity index (χ1v) is 9.43. The van der Waals surface area contributed by atoms with Gasteiger partial charge in [-0.15, -0.1) is 0 Å². The van der Waals surface area contributed by atoms with Gasteiger partial charge in [-0.1, -0.05) is 24.3 Å². The van der Waals surface area contributed by atoms with Gasteiger partial charge in [-0.25, -0.2) is 18.1 Å². The molecule has 1 aromatic heterocycles. The molecular weight excluding hydrogens is 350 g/mol. The minimum Gasteiger partial charge on any atom is -0.321 e. The van der Waals surface area contributed by atoms with E-state index >= 15 is 0 Å². The van der Waals surface area contributed by atoms with Crippen molar-refractivity contribution in [2.45, 2.75) is 4.90 Å². The first-order valence-electron chi connectivity index (χ1n) is 7.95. The number of fused-ring (bicyclic) bond motifs is 2. The lowest BCUT2D eigenvalue weighted by atomic mass is 10.1. The van der Waals surface area contributed by atoms with Crippen LogP contribution in [0.2, 0.25) is 0 Å². The number of nitrogens with one attached hydrogen (secondary N) is 2. The Morgan fingerprint density at radius 2 is 1.88 bits per heavy atom. The predicted molar refractivity (Wildman–Crippen MR) is 101 cm³/mol. The van der Waals surface area contributed by atoms with Crippen molar-refractivity contribution in [3.63, 3.8) is 0 Å². The minimum absolute atomic E-state index is 0.104. The second kappa shape index (κ2) is 6.05. The van der Waals surface area contributed by atoms with Crippen LogP contribution in [0.5, 0.6) is 0 Å². The van der Waals surface area contributed by atoms with E-state index in [-0.39, 0.29) is 10.8 Å². The summed E-state index contributed by atoms with van der Waals surface area (Å²) in [7, 11) is -2.25. The van der Waals surface area contributed by atoms with Crippen molar-refractivity contribution in [3.8, 4) is 0 Å². The van der Waals surface area contributed by atoms with E-state index in [9.17, 15) is 13.2 Å². The Morgan fingerprint density at radius 1 is 1.08 bits per heavy atom. The Hall–Kier alpha value is -3.03. The molecule has 4 rings (SSSR count). The summed E-state index contributed by atoms with van der Waals surface area (Å²) in [5, 5.41) is 3.76. The second-order valence-corrected chi connectivity index (χ2v) is 7.74. The monoisotopic (exact) mass is 365 g/mol. The fourth-order valence-electron chi connectivity index (χ4n) is 2.91. The number of para-hydroxylation sites is 1. The second-order valence-electron chi connectivity index (χ2n) is 5.86. The van der Waals surface area contributed by atoms with Crippen molar-refractivity contribution in [1.82, 2.24) is 9.71 Å². The number of benzene rings is 2. The Morgan fingerprint density at radius 3 is 2.69 bits per heavy atom. The smallest absolute Gasteiger partial charge is 0.256 e. The molecule has 6 nitrogen and oxygen atoms in total. The van der Waals surface area contributed by atoms with Crippen LogP contribution in [0, 0.1) is 0 Å². The Kier molecular flexibility index (Phi) is 3.82. The molecule has 0 atom stereocenters. The Balaban J connectivity index is 1.83. The number of amides is 1. The van der Waals surface area contributed by atoms with Crippen LogP contribution in [-0.2, 0) is 14.8 Å². The fraction of sp³-hybridized carbons (Fsp3) is 0.0526. The highest BCUT2D eigenvalue weighted by Crippen LogP contribution is 2.34. The van der Waals surface area contributed by atoms with Crippen LogP contribution >= 0.6 is 0 Å². The number of nitrogens with zero attached hydrogens (tertiary/aromatic N) is 1. The summed E-state index contributed by atoms with van der Waals surface area (Å²) in [6, 6.07) is 16.0. The van der Waals surface area contributed by atoms with Crippen molar-refractivity contribution in [2.24, 2.45) is 0 Å². The maximum absolute atomic E-state index is 12.4. The number of pyridine rings is 1. The summed E-state index contributed by atoms with van der Waals surface area (Å²) < 4.78 is 26.4. The molecule has 0 saturated carbocycles. The van der Waals surface area contributed by atoms with E-state index in [0.717, 1.165) is 10.9 Å². The fourth-order valence-corrected chi connectivity index (χ4v) is 3.66. The summed E-state index contributed by atoms with van der Waals surface area (Å²) in [5.41, 5.74) is 2.96. The largest absolute Gasteiger partial charge is 0.321 e. The number of rotatable bonds is 3. The summed E-state index contributed by atoms with van der Waals surface area (Å²) in [6.07, 6.45) is 1.67. The zero-order valence-corrected chi connectivity index (χ0v) is 14.7. The first kappa shape index (κ1) is 16.4. The van der Waals surface area contributed by atoms with Gasteiger partial charge in [0.25, 0.3) is 5.91 Å². The van der Waals surface area contributed by atoms with Crippen molar-refractivity contribution in [1.29, 1.82) is 0 Å². The number of carbonyl (C=O) groups is 1. The van der Waals surface area contributed by atoms with Gasteiger partial charge in [-0.2, -0.15) is 0 Å².